The molecule has 0 aliphatic carbocycles. The van der Waals surface area contributed by atoms with Gasteiger partial charge < -0.3 is 19.7 Å². The Morgan fingerprint density at radius 1 is 1.30 bits per heavy atom. The summed E-state index contributed by atoms with van der Waals surface area (Å²) >= 11 is 6.02. The highest BCUT2D eigenvalue weighted by Crippen LogP contribution is 2.35. The number of carbonyl (C=O) groups excluding carboxylic acids is 2. The summed E-state index contributed by atoms with van der Waals surface area (Å²) in [6.07, 6.45) is 1.77. The van der Waals surface area contributed by atoms with Gasteiger partial charge in [-0.1, -0.05) is 17.7 Å². The highest BCUT2D eigenvalue weighted by Gasteiger charge is 2.14. The third-order valence-electron chi connectivity index (χ3n) is 3.15. The molecule has 1 aromatic rings. The van der Waals surface area contributed by atoms with Crippen molar-refractivity contribution in [3.05, 3.63) is 29.8 Å². The number of nitrogens with one attached hydrogen (secondary N) is 1. The van der Waals surface area contributed by atoms with Crippen molar-refractivity contribution >= 4 is 29.1 Å². The van der Waals surface area contributed by atoms with Crippen LogP contribution in [0.5, 0.6) is 11.5 Å². The van der Waals surface area contributed by atoms with Gasteiger partial charge in [-0.25, -0.2) is 0 Å². The molecule has 0 saturated heterocycles. The number of ether oxygens (including phenoxy) is 2. The van der Waals surface area contributed by atoms with Crippen molar-refractivity contribution in [2.24, 2.45) is 0 Å². The summed E-state index contributed by atoms with van der Waals surface area (Å²) < 4.78 is 10.3. The predicted molar refractivity (Wildman–Crippen MR) is 90.3 cm³/mol. The molecule has 1 N–H and O–H groups in total. The molecule has 0 saturated carbocycles. The van der Waals surface area contributed by atoms with Gasteiger partial charge in [0.2, 0.25) is 11.8 Å². The van der Waals surface area contributed by atoms with Crippen molar-refractivity contribution in [3.8, 4) is 11.5 Å². The third kappa shape index (κ3) is 5.49. The van der Waals surface area contributed by atoms with Gasteiger partial charge in [0, 0.05) is 38.6 Å². The molecule has 7 heteroatoms. The number of benzene rings is 1. The second-order valence-corrected chi connectivity index (χ2v) is 5.15. The summed E-state index contributed by atoms with van der Waals surface area (Å²) in [5, 5.41) is 3.12. The molecule has 2 amide bonds. The van der Waals surface area contributed by atoms with E-state index in [1.807, 2.05) is 0 Å². The minimum absolute atomic E-state index is 0.108. The monoisotopic (exact) mass is 340 g/mol. The van der Waals surface area contributed by atoms with Gasteiger partial charge >= 0.3 is 0 Å². The van der Waals surface area contributed by atoms with E-state index in [0.29, 0.717) is 35.3 Å². The highest BCUT2D eigenvalue weighted by molar-refractivity contribution is 6.32. The second-order valence-electron chi connectivity index (χ2n) is 4.74. The first-order valence-corrected chi connectivity index (χ1v) is 7.38. The SMILES string of the molecule is C=CCN(CCC(=O)Nc1cc(OC)c(Cl)cc1OC)C(C)=O. The van der Waals surface area contributed by atoms with E-state index in [-0.39, 0.29) is 18.2 Å². The van der Waals surface area contributed by atoms with Crippen molar-refractivity contribution < 1.29 is 19.1 Å². The zero-order valence-corrected chi connectivity index (χ0v) is 14.3. The minimum atomic E-state index is -0.247. The van der Waals surface area contributed by atoms with Gasteiger partial charge in [0.05, 0.1) is 24.9 Å². The Balaban J connectivity index is 2.77. The summed E-state index contributed by atoms with van der Waals surface area (Å²) in [5.74, 6) is 0.505. The standard InChI is InChI=1S/C16H21ClN2O4/c1-5-7-19(11(2)20)8-6-16(21)18-13-10-14(22-3)12(17)9-15(13)23-4/h5,9-10H,1,6-8H2,2-4H3,(H,18,21). The lowest BCUT2D eigenvalue weighted by molar-refractivity contribution is -0.128. The Hall–Kier alpha value is -2.21. The van der Waals surface area contributed by atoms with Crippen LogP contribution in [0.2, 0.25) is 5.02 Å². The van der Waals surface area contributed by atoms with E-state index < -0.39 is 0 Å². The molecule has 6 nitrogen and oxygen atoms in total. The van der Waals surface area contributed by atoms with E-state index >= 15 is 0 Å². The summed E-state index contributed by atoms with van der Waals surface area (Å²) in [4.78, 5) is 25.0. The van der Waals surface area contributed by atoms with E-state index in [1.54, 1.807) is 18.2 Å². The zero-order valence-electron chi connectivity index (χ0n) is 13.5. The molecular weight excluding hydrogens is 320 g/mol. The van der Waals surface area contributed by atoms with Crippen molar-refractivity contribution in [1.29, 1.82) is 0 Å². The maximum Gasteiger partial charge on any atom is 0.226 e. The lowest BCUT2D eigenvalue weighted by Gasteiger charge is -2.19. The van der Waals surface area contributed by atoms with E-state index in [4.69, 9.17) is 21.1 Å². The maximum atomic E-state index is 12.1. The molecule has 126 valence electrons. The van der Waals surface area contributed by atoms with Crippen molar-refractivity contribution in [2.45, 2.75) is 13.3 Å². The smallest absolute Gasteiger partial charge is 0.226 e. The summed E-state index contributed by atoms with van der Waals surface area (Å²) in [5.41, 5.74) is 0.455. The lowest BCUT2D eigenvalue weighted by Crippen LogP contribution is -2.32. The quantitative estimate of drug-likeness (QED) is 0.739. The summed E-state index contributed by atoms with van der Waals surface area (Å²) in [7, 11) is 2.97. The average molecular weight is 341 g/mol. The summed E-state index contributed by atoms with van der Waals surface area (Å²) in [6, 6.07) is 3.15. The van der Waals surface area contributed by atoms with Crippen molar-refractivity contribution in [1.82, 2.24) is 4.90 Å². The molecule has 0 unspecified atom stereocenters. The predicted octanol–water partition coefficient (Wildman–Crippen LogP) is 2.72. The fraction of sp³-hybridized carbons (Fsp3) is 0.375. The molecule has 1 aromatic carbocycles. The first kappa shape index (κ1) is 18.8. The molecule has 0 radical (unpaired) electrons. The second kappa shape index (κ2) is 9.05. The van der Waals surface area contributed by atoms with Crippen LogP contribution in [0.4, 0.5) is 5.69 Å². The molecule has 0 fully saturated rings. The average Bonchev–Trinajstić information content (AvgIpc) is 2.52. The van der Waals surface area contributed by atoms with E-state index in [9.17, 15) is 9.59 Å². The molecule has 23 heavy (non-hydrogen) atoms. The Labute approximate surface area is 141 Å². The van der Waals surface area contributed by atoms with Crippen LogP contribution in [0.15, 0.2) is 24.8 Å². The number of methoxy groups -OCH3 is 2. The first-order valence-electron chi connectivity index (χ1n) is 7.00. The fourth-order valence-electron chi connectivity index (χ4n) is 1.94. The number of hydrogen-bond donors (Lipinski definition) is 1. The molecule has 1 rings (SSSR count). The van der Waals surface area contributed by atoms with Crippen LogP contribution in [0, 0.1) is 0 Å². The summed E-state index contributed by atoms with van der Waals surface area (Å²) in [6.45, 7) is 5.75. The van der Waals surface area contributed by atoms with Crippen LogP contribution < -0.4 is 14.8 Å². The molecule has 0 heterocycles. The molecule has 0 aliphatic rings. The molecule has 0 atom stereocenters. The van der Waals surface area contributed by atoms with Gasteiger partial charge in [-0.05, 0) is 0 Å². The Bertz CT molecular complexity index is 590. The van der Waals surface area contributed by atoms with Crippen LogP contribution in [0.3, 0.4) is 0 Å². The van der Waals surface area contributed by atoms with Gasteiger partial charge in [-0.2, -0.15) is 0 Å². The van der Waals surface area contributed by atoms with Crippen molar-refractivity contribution in [3.63, 3.8) is 0 Å². The van der Waals surface area contributed by atoms with Gasteiger partial charge in [-0.15, -0.1) is 6.58 Å². The van der Waals surface area contributed by atoms with Crippen LogP contribution >= 0.6 is 11.6 Å². The molecular formula is C16H21ClN2O4. The van der Waals surface area contributed by atoms with E-state index in [2.05, 4.69) is 11.9 Å². The van der Waals surface area contributed by atoms with Crippen LogP contribution in [0.1, 0.15) is 13.3 Å². The first-order chi connectivity index (χ1) is 10.9. The molecule has 0 spiro atoms. The topological polar surface area (TPSA) is 67.9 Å². The Kier molecular flexibility index (Phi) is 7.41. The fourth-order valence-corrected chi connectivity index (χ4v) is 2.17. The normalized spacial score (nSPS) is 9.91. The maximum absolute atomic E-state index is 12.1. The lowest BCUT2D eigenvalue weighted by atomic mass is 10.2. The number of anilines is 1. The van der Waals surface area contributed by atoms with Gasteiger partial charge in [0.25, 0.3) is 0 Å². The molecule has 0 aliphatic heterocycles. The Morgan fingerprint density at radius 2 is 1.96 bits per heavy atom. The zero-order chi connectivity index (χ0) is 17.4. The number of rotatable bonds is 8. The number of carbonyl (C=O) groups is 2. The van der Waals surface area contributed by atoms with Gasteiger partial charge in [0.1, 0.15) is 11.5 Å². The van der Waals surface area contributed by atoms with Gasteiger partial charge in [-0.3, -0.25) is 9.59 Å². The van der Waals surface area contributed by atoms with E-state index in [0.717, 1.165) is 0 Å². The van der Waals surface area contributed by atoms with Crippen LogP contribution in [-0.2, 0) is 9.59 Å². The Morgan fingerprint density at radius 3 is 2.48 bits per heavy atom. The molecule has 0 bridgehead atoms. The minimum Gasteiger partial charge on any atom is -0.495 e. The van der Waals surface area contributed by atoms with E-state index in [1.165, 1.54) is 26.0 Å². The number of hydrogen-bond acceptors (Lipinski definition) is 4. The third-order valence-corrected chi connectivity index (χ3v) is 3.45. The number of amides is 2. The number of halogens is 1. The van der Waals surface area contributed by atoms with Crippen LogP contribution in [-0.4, -0.2) is 44.0 Å². The van der Waals surface area contributed by atoms with Gasteiger partial charge in [0.15, 0.2) is 0 Å². The van der Waals surface area contributed by atoms with Crippen LogP contribution in [0.25, 0.3) is 0 Å². The molecule has 0 aromatic heterocycles. The largest absolute Gasteiger partial charge is 0.495 e. The highest BCUT2D eigenvalue weighted by atomic mass is 35.5. The van der Waals surface area contributed by atoms with Crippen molar-refractivity contribution in [2.75, 3.05) is 32.6 Å². The number of nitrogens with zero attached hydrogens (tertiary/aromatic N) is 1.